The number of aromatic nitrogens is 1. The SMILES string of the molecule is Cc1cc(-c2cccc(Cl)c2Cl)nc(CO)c1N1CCC2(CCC[C@H]2N)CC1. The predicted molar refractivity (Wildman–Crippen MR) is 116 cm³/mol. The lowest BCUT2D eigenvalue weighted by Crippen LogP contribution is -2.47. The molecule has 2 fully saturated rings. The Hall–Kier alpha value is -1.33. The molecule has 2 heterocycles. The third-order valence-corrected chi connectivity index (χ3v) is 7.50. The van der Waals surface area contributed by atoms with Crippen LogP contribution < -0.4 is 10.6 Å². The van der Waals surface area contributed by atoms with Crippen molar-refractivity contribution in [3.05, 3.63) is 45.6 Å². The molecule has 4 rings (SSSR count). The van der Waals surface area contributed by atoms with Gasteiger partial charge in [0.25, 0.3) is 0 Å². The molecule has 0 bridgehead atoms. The van der Waals surface area contributed by atoms with Gasteiger partial charge in [0.05, 0.1) is 33.7 Å². The van der Waals surface area contributed by atoms with Gasteiger partial charge in [0.15, 0.2) is 0 Å². The molecule has 1 saturated heterocycles. The first-order valence-corrected chi connectivity index (χ1v) is 10.8. The minimum atomic E-state index is -0.108. The summed E-state index contributed by atoms with van der Waals surface area (Å²) in [6, 6.07) is 7.90. The number of aliphatic hydroxyl groups is 1. The Morgan fingerprint density at radius 3 is 2.64 bits per heavy atom. The van der Waals surface area contributed by atoms with Gasteiger partial charge in [-0.1, -0.05) is 41.8 Å². The monoisotopic (exact) mass is 419 g/mol. The highest BCUT2D eigenvalue weighted by Gasteiger charge is 2.43. The molecule has 4 nitrogen and oxygen atoms in total. The molecule has 1 spiro atoms. The van der Waals surface area contributed by atoms with Crippen LogP contribution in [-0.4, -0.2) is 29.2 Å². The van der Waals surface area contributed by atoms with E-state index in [-0.39, 0.29) is 6.61 Å². The van der Waals surface area contributed by atoms with Gasteiger partial charge in [-0.25, -0.2) is 4.98 Å². The van der Waals surface area contributed by atoms with Crippen LogP contribution in [0, 0.1) is 12.3 Å². The Bertz CT molecular complexity index is 878. The Kier molecular flexibility index (Phi) is 5.58. The smallest absolute Gasteiger partial charge is 0.0901 e. The minimum Gasteiger partial charge on any atom is -0.390 e. The fourth-order valence-corrected chi connectivity index (χ4v) is 5.47. The lowest BCUT2D eigenvalue weighted by molar-refractivity contribution is 0.197. The van der Waals surface area contributed by atoms with E-state index < -0.39 is 0 Å². The van der Waals surface area contributed by atoms with Gasteiger partial charge in [-0.3, -0.25) is 0 Å². The van der Waals surface area contributed by atoms with E-state index in [1.807, 2.05) is 18.2 Å². The summed E-state index contributed by atoms with van der Waals surface area (Å²) < 4.78 is 0. The highest BCUT2D eigenvalue weighted by atomic mass is 35.5. The van der Waals surface area contributed by atoms with Gasteiger partial charge >= 0.3 is 0 Å². The molecule has 1 atom stereocenters. The Morgan fingerprint density at radius 1 is 1.25 bits per heavy atom. The second-order valence-electron chi connectivity index (χ2n) is 8.23. The second kappa shape index (κ2) is 7.83. The summed E-state index contributed by atoms with van der Waals surface area (Å²) in [4.78, 5) is 7.11. The van der Waals surface area contributed by atoms with Crippen molar-refractivity contribution in [3.8, 4) is 11.3 Å². The lowest BCUT2D eigenvalue weighted by Gasteiger charge is -2.43. The maximum absolute atomic E-state index is 10.0. The molecule has 0 unspecified atom stereocenters. The van der Waals surface area contributed by atoms with Crippen molar-refractivity contribution >= 4 is 28.9 Å². The molecule has 2 aromatic rings. The number of nitrogens with two attached hydrogens (primary N) is 1. The number of halogens is 2. The summed E-state index contributed by atoms with van der Waals surface area (Å²) in [5.74, 6) is 0. The van der Waals surface area contributed by atoms with Crippen molar-refractivity contribution in [3.63, 3.8) is 0 Å². The van der Waals surface area contributed by atoms with Gasteiger partial charge in [-0.15, -0.1) is 0 Å². The van der Waals surface area contributed by atoms with E-state index in [9.17, 15) is 5.11 Å². The van der Waals surface area contributed by atoms with Gasteiger partial charge in [-0.2, -0.15) is 0 Å². The summed E-state index contributed by atoms with van der Waals surface area (Å²) in [6.07, 6.45) is 5.87. The molecule has 1 aromatic heterocycles. The van der Waals surface area contributed by atoms with Crippen LogP contribution in [0.1, 0.15) is 43.4 Å². The van der Waals surface area contributed by atoms with Crippen LogP contribution in [0.3, 0.4) is 0 Å². The first-order valence-electron chi connectivity index (χ1n) is 10.0. The summed E-state index contributed by atoms with van der Waals surface area (Å²) in [6.45, 7) is 3.88. The fourth-order valence-electron chi connectivity index (χ4n) is 5.08. The van der Waals surface area contributed by atoms with Crippen LogP contribution in [0.25, 0.3) is 11.3 Å². The van der Waals surface area contributed by atoms with E-state index in [2.05, 4.69) is 11.8 Å². The topological polar surface area (TPSA) is 62.4 Å². The first-order chi connectivity index (χ1) is 13.4. The molecular formula is C22H27Cl2N3O. The van der Waals surface area contributed by atoms with Crippen LogP contribution in [0.4, 0.5) is 5.69 Å². The highest BCUT2D eigenvalue weighted by Crippen LogP contribution is 2.46. The standard InChI is InChI=1S/C22H27Cl2N3O/c1-14-12-17(15-4-2-5-16(23)20(15)24)26-18(13-28)21(14)27-10-8-22(9-11-27)7-3-6-19(22)25/h2,4-5,12,19,28H,3,6-11,13,25H2,1H3/t19-/m1/s1. The van der Waals surface area contributed by atoms with Gasteiger partial charge in [0.1, 0.15) is 0 Å². The Labute approximate surface area is 176 Å². The number of benzene rings is 1. The van der Waals surface area contributed by atoms with Crippen LogP contribution >= 0.6 is 23.2 Å². The van der Waals surface area contributed by atoms with Crippen LogP contribution in [0.5, 0.6) is 0 Å². The highest BCUT2D eigenvalue weighted by molar-refractivity contribution is 6.43. The average Bonchev–Trinajstić information content (AvgIpc) is 3.04. The Morgan fingerprint density at radius 2 is 2.00 bits per heavy atom. The van der Waals surface area contributed by atoms with Crippen LogP contribution in [0.2, 0.25) is 10.0 Å². The van der Waals surface area contributed by atoms with E-state index in [1.54, 1.807) is 6.07 Å². The van der Waals surface area contributed by atoms with E-state index in [0.717, 1.165) is 54.9 Å². The zero-order chi connectivity index (χ0) is 19.9. The number of nitrogens with zero attached hydrogens (tertiary/aromatic N) is 2. The van der Waals surface area contributed by atoms with E-state index in [1.165, 1.54) is 12.8 Å². The Balaban J connectivity index is 1.65. The number of anilines is 1. The molecule has 0 radical (unpaired) electrons. The van der Waals surface area contributed by atoms with Gasteiger partial charge in [0, 0.05) is 24.7 Å². The predicted octanol–water partition coefficient (Wildman–Crippen LogP) is 4.95. The molecule has 1 aliphatic carbocycles. The number of pyridine rings is 1. The number of hydrogen-bond acceptors (Lipinski definition) is 4. The molecule has 1 saturated carbocycles. The fraction of sp³-hybridized carbons (Fsp3) is 0.500. The van der Waals surface area contributed by atoms with Crippen molar-refractivity contribution in [2.45, 2.75) is 51.7 Å². The van der Waals surface area contributed by atoms with Crippen LogP contribution in [0.15, 0.2) is 24.3 Å². The van der Waals surface area contributed by atoms with Crippen molar-refractivity contribution in [1.82, 2.24) is 4.98 Å². The van der Waals surface area contributed by atoms with Gasteiger partial charge in [0.2, 0.25) is 0 Å². The minimum absolute atomic E-state index is 0.108. The van der Waals surface area contributed by atoms with Gasteiger partial charge in [-0.05, 0) is 55.7 Å². The molecular weight excluding hydrogens is 393 g/mol. The zero-order valence-corrected chi connectivity index (χ0v) is 17.7. The van der Waals surface area contributed by atoms with Crippen molar-refractivity contribution < 1.29 is 5.11 Å². The average molecular weight is 420 g/mol. The molecule has 1 aromatic carbocycles. The first kappa shape index (κ1) is 20.0. The zero-order valence-electron chi connectivity index (χ0n) is 16.2. The molecule has 28 heavy (non-hydrogen) atoms. The summed E-state index contributed by atoms with van der Waals surface area (Å²) >= 11 is 12.6. The number of hydrogen-bond donors (Lipinski definition) is 2. The third-order valence-electron chi connectivity index (χ3n) is 6.68. The van der Waals surface area contributed by atoms with Crippen molar-refractivity contribution in [1.29, 1.82) is 0 Å². The number of aryl methyl sites for hydroxylation is 1. The molecule has 150 valence electrons. The summed E-state index contributed by atoms with van der Waals surface area (Å²) in [5.41, 5.74) is 11.1. The maximum Gasteiger partial charge on any atom is 0.0901 e. The summed E-state index contributed by atoms with van der Waals surface area (Å²) in [5, 5.41) is 11.0. The quantitative estimate of drug-likeness (QED) is 0.737. The number of piperidine rings is 1. The van der Waals surface area contributed by atoms with Gasteiger partial charge < -0.3 is 15.7 Å². The maximum atomic E-state index is 10.0. The number of rotatable bonds is 3. The molecule has 2 aliphatic rings. The largest absolute Gasteiger partial charge is 0.390 e. The molecule has 6 heteroatoms. The second-order valence-corrected chi connectivity index (χ2v) is 9.01. The molecule has 3 N–H and O–H groups in total. The van der Waals surface area contributed by atoms with Crippen LogP contribution in [-0.2, 0) is 6.61 Å². The van der Waals surface area contributed by atoms with E-state index >= 15 is 0 Å². The van der Waals surface area contributed by atoms with E-state index in [4.69, 9.17) is 33.9 Å². The third kappa shape index (κ3) is 3.41. The number of aliphatic hydroxyl groups excluding tert-OH is 1. The normalized spacial score (nSPS) is 21.5. The van der Waals surface area contributed by atoms with Crippen molar-refractivity contribution in [2.24, 2.45) is 11.1 Å². The summed E-state index contributed by atoms with van der Waals surface area (Å²) in [7, 11) is 0. The lowest BCUT2D eigenvalue weighted by atomic mass is 9.74. The molecule has 1 aliphatic heterocycles. The van der Waals surface area contributed by atoms with Crippen molar-refractivity contribution in [2.75, 3.05) is 18.0 Å². The molecule has 0 amide bonds. The van der Waals surface area contributed by atoms with E-state index in [0.29, 0.717) is 27.2 Å².